The molecular weight excluding hydrogens is 340 g/mol. The van der Waals surface area contributed by atoms with Crippen LogP contribution in [0.1, 0.15) is 60.2 Å². The quantitative estimate of drug-likeness (QED) is 0.755. The van der Waals surface area contributed by atoms with Gasteiger partial charge in [0.15, 0.2) is 0 Å². The molecule has 0 saturated carbocycles. The van der Waals surface area contributed by atoms with Gasteiger partial charge in [-0.15, -0.1) is 0 Å². The summed E-state index contributed by atoms with van der Waals surface area (Å²) >= 11 is 0. The molecule has 1 atom stereocenters. The van der Waals surface area contributed by atoms with Gasteiger partial charge in [-0.05, 0) is 43.7 Å². The number of piperidine rings is 1. The molecule has 1 fully saturated rings. The number of aromatic amines is 1. The molecule has 3 heterocycles. The molecule has 1 aliphatic heterocycles. The van der Waals surface area contributed by atoms with Crippen LogP contribution in [0.3, 0.4) is 0 Å². The zero-order chi connectivity index (χ0) is 19.0. The van der Waals surface area contributed by atoms with Crippen molar-refractivity contribution in [2.24, 2.45) is 5.92 Å². The summed E-state index contributed by atoms with van der Waals surface area (Å²) in [7, 11) is 0. The van der Waals surface area contributed by atoms with Crippen LogP contribution in [-0.4, -0.2) is 39.0 Å². The number of imidazole rings is 1. The number of fused-ring (bicyclic) bond motifs is 1. The summed E-state index contributed by atoms with van der Waals surface area (Å²) in [5.74, 6) is 1.93. The van der Waals surface area contributed by atoms with Gasteiger partial charge in [-0.3, -0.25) is 4.79 Å². The molecule has 142 valence electrons. The molecule has 0 aliphatic carbocycles. The fourth-order valence-electron chi connectivity index (χ4n) is 3.86. The summed E-state index contributed by atoms with van der Waals surface area (Å²) < 4.78 is 5.32. The van der Waals surface area contributed by atoms with Crippen molar-refractivity contribution in [1.29, 1.82) is 0 Å². The maximum Gasteiger partial charge on any atom is 0.292 e. The normalized spacial score (nSPS) is 17.8. The van der Waals surface area contributed by atoms with E-state index in [1.54, 1.807) is 6.07 Å². The summed E-state index contributed by atoms with van der Waals surface area (Å²) in [5.41, 5.74) is 4.08. The Bertz CT molecular complexity index is 956. The SMILES string of the molecule is Cc1cccc2[nH]c(C3CCCN(C(=O)c4cc(CC(C)C)no4)C3)nc12. The smallest absolute Gasteiger partial charge is 0.292 e. The van der Waals surface area contributed by atoms with Crippen molar-refractivity contribution in [3.8, 4) is 0 Å². The third kappa shape index (κ3) is 3.61. The Hall–Kier alpha value is -2.63. The van der Waals surface area contributed by atoms with Crippen LogP contribution < -0.4 is 0 Å². The van der Waals surface area contributed by atoms with Gasteiger partial charge in [-0.2, -0.15) is 0 Å². The molecule has 6 heteroatoms. The summed E-state index contributed by atoms with van der Waals surface area (Å²) in [6.45, 7) is 7.72. The Morgan fingerprint density at radius 3 is 3.04 bits per heavy atom. The number of aromatic nitrogens is 3. The minimum Gasteiger partial charge on any atom is -0.351 e. The van der Waals surface area contributed by atoms with Gasteiger partial charge in [0.05, 0.1) is 16.7 Å². The Morgan fingerprint density at radius 1 is 1.41 bits per heavy atom. The van der Waals surface area contributed by atoms with Gasteiger partial charge in [0, 0.05) is 25.1 Å². The molecule has 1 aromatic carbocycles. The number of hydrogen-bond acceptors (Lipinski definition) is 4. The first-order valence-corrected chi connectivity index (χ1v) is 9.71. The molecular formula is C21H26N4O2. The van der Waals surface area contributed by atoms with E-state index in [0.29, 0.717) is 18.2 Å². The van der Waals surface area contributed by atoms with Crippen LogP contribution in [0.5, 0.6) is 0 Å². The van der Waals surface area contributed by atoms with Crippen molar-refractivity contribution in [3.05, 3.63) is 47.1 Å². The third-order valence-corrected chi connectivity index (χ3v) is 5.22. The van der Waals surface area contributed by atoms with E-state index in [1.165, 1.54) is 0 Å². The zero-order valence-corrected chi connectivity index (χ0v) is 16.2. The topological polar surface area (TPSA) is 75.0 Å². The number of carbonyl (C=O) groups is 1. The Balaban J connectivity index is 1.51. The van der Waals surface area contributed by atoms with E-state index in [9.17, 15) is 4.79 Å². The molecule has 0 spiro atoms. The second-order valence-corrected chi connectivity index (χ2v) is 7.96. The lowest BCUT2D eigenvalue weighted by atomic mass is 9.97. The molecule has 1 unspecified atom stereocenters. The maximum atomic E-state index is 12.9. The first-order valence-electron chi connectivity index (χ1n) is 9.71. The predicted molar refractivity (Wildman–Crippen MR) is 104 cm³/mol. The number of aryl methyl sites for hydroxylation is 1. The highest BCUT2D eigenvalue weighted by Gasteiger charge is 2.29. The van der Waals surface area contributed by atoms with Crippen molar-refractivity contribution in [2.75, 3.05) is 13.1 Å². The van der Waals surface area contributed by atoms with Crippen LogP contribution in [0, 0.1) is 12.8 Å². The van der Waals surface area contributed by atoms with E-state index in [0.717, 1.165) is 53.9 Å². The predicted octanol–water partition coefficient (Wildman–Crippen LogP) is 4.08. The first kappa shape index (κ1) is 17.8. The minimum absolute atomic E-state index is 0.0745. The number of carbonyl (C=O) groups excluding carboxylic acids is 1. The molecule has 6 nitrogen and oxygen atoms in total. The zero-order valence-electron chi connectivity index (χ0n) is 16.2. The van der Waals surface area contributed by atoms with Gasteiger partial charge in [0.1, 0.15) is 5.82 Å². The summed E-state index contributed by atoms with van der Waals surface area (Å²) in [6, 6.07) is 7.95. The lowest BCUT2D eigenvalue weighted by Crippen LogP contribution is -2.39. The fourth-order valence-corrected chi connectivity index (χ4v) is 3.86. The van der Waals surface area contributed by atoms with E-state index >= 15 is 0 Å². The number of benzene rings is 1. The summed E-state index contributed by atoms with van der Waals surface area (Å²) in [5, 5.41) is 4.05. The van der Waals surface area contributed by atoms with Gasteiger partial charge in [0.2, 0.25) is 5.76 Å². The second kappa shape index (κ2) is 7.18. The van der Waals surface area contributed by atoms with Crippen LogP contribution in [0.2, 0.25) is 0 Å². The minimum atomic E-state index is -0.0745. The van der Waals surface area contributed by atoms with E-state index < -0.39 is 0 Å². The standard InChI is InChI=1S/C21H26N4O2/c1-13(2)10-16-11-18(27-24-16)21(26)25-9-5-7-15(12-25)20-22-17-8-4-6-14(3)19(17)23-20/h4,6,8,11,13,15H,5,7,9-10,12H2,1-3H3,(H,22,23). The molecule has 3 aromatic rings. The molecule has 27 heavy (non-hydrogen) atoms. The van der Waals surface area contributed by atoms with Crippen molar-refractivity contribution in [3.63, 3.8) is 0 Å². The average molecular weight is 366 g/mol. The highest BCUT2D eigenvalue weighted by atomic mass is 16.5. The van der Waals surface area contributed by atoms with Crippen LogP contribution in [0.4, 0.5) is 0 Å². The lowest BCUT2D eigenvalue weighted by Gasteiger charge is -2.31. The van der Waals surface area contributed by atoms with Crippen molar-refractivity contribution < 1.29 is 9.32 Å². The highest BCUT2D eigenvalue weighted by Crippen LogP contribution is 2.28. The lowest BCUT2D eigenvalue weighted by molar-refractivity contribution is 0.0663. The number of nitrogens with zero attached hydrogens (tertiary/aromatic N) is 3. The number of H-pyrrole nitrogens is 1. The Morgan fingerprint density at radius 2 is 2.26 bits per heavy atom. The molecule has 4 rings (SSSR count). The van der Waals surface area contributed by atoms with E-state index in [2.05, 4.69) is 43.0 Å². The monoisotopic (exact) mass is 366 g/mol. The Kier molecular flexibility index (Phi) is 4.72. The molecule has 0 bridgehead atoms. The highest BCUT2D eigenvalue weighted by molar-refractivity contribution is 5.91. The number of rotatable bonds is 4. The number of nitrogens with one attached hydrogen (secondary N) is 1. The largest absolute Gasteiger partial charge is 0.351 e. The van der Waals surface area contributed by atoms with Crippen molar-refractivity contribution in [2.45, 2.75) is 46.0 Å². The van der Waals surface area contributed by atoms with E-state index in [-0.39, 0.29) is 11.8 Å². The molecule has 1 saturated heterocycles. The number of para-hydroxylation sites is 1. The molecule has 1 N–H and O–H groups in total. The molecule has 1 amide bonds. The first-order chi connectivity index (χ1) is 13.0. The van der Waals surface area contributed by atoms with E-state index in [4.69, 9.17) is 9.51 Å². The third-order valence-electron chi connectivity index (χ3n) is 5.22. The van der Waals surface area contributed by atoms with Crippen LogP contribution >= 0.6 is 0 Å². The number of amides is 1. The van der Waals surface area contributed by atoms with Crippen LogP contribution in [-0.2, 0) is 6.42 Å². The van der Waals surface area contributed by atoms with Crippen LogP contribution in [0.15, 0.2) is 28.8 Å². The molecule has 0 radical (unpaired) electrons. The molecule has 1 aliphatic rings. The van der Waals surface area contributed by atoms with Gasteiger partial charge in [-0.1, -0.05) is 31.1 Å². The van der Waals surface area contributed by atoms with Gasteiger partial charge in [0.25, 0.3) is 5.91 Å². The number of hydrogen-bond donors (Lipinski definition) is 1. The fraction of sp³-hybridized carbons (Fsp3) is 0.476. The van der Waals surface area contributed by atoms with Gasteiger partial charge in [-0.25, -0.2) is 4.98 Å². The summed E-state index contributed by atoms with van der Waals surface area (Å²) in [6.07, 6.45) is 2.80. The van der Waals surface area contributed by atoms with Gasteiger partial charge >= 0.3 is 0 Å². The van der Waals surface area contributed by atoms with Gasteiger partial charge < -0.3 is 14.4 Å². The van der Waals surface area contributed by atoms with Crippen LogP contribution in [0.25, 0.3) is 11.0 Å². The van der Waals surface area contributed by atoms with Crippen molar-refractivity contribution >= 4 is 16.9 Å². The molecule has 2 aromatic heterocycles. The van der Waals surface area contributed by atoms with Crippen molar-refractivity contribution in [1.82, 2.24) is 20.0 Å². The Labute approximate surface area is 158 Å². The summed E-state index contributed by atoms with van der Waals surface area (Å²) in [4.78, 5) is 23.0. The maximum absolute atomic E-state index is 12.9. The second-order valence-electron chi connectivity index (χ2n) is 7.96. The van der Waals surface area contributed by atoms with E-state index in [1.807, 2.05) is 11.0 Å². The number of likely N-dealkylation sites (tertiary alicyclic amines) is 1. The average Bonchev–Trinajstić information content (AvgIpc) is 3.28.